The summed E-state index contributed by atoms with van der Waals surface area (Å²) in [6, 6.07) is 11.4. The standard InChI is InChI=1S/C39H50N12O5/c40-36(28-3-4-31-30(22-28)47-39(42)56-31)35-37(41)45-25-46-38(35)44-23-26-1-2-29-24-51(11-7-27(29)21-26)33(53)6-5-32(52)50-16-14-48(15-17-50)18-20-55-19-8-34(54)49-12-9-43-10-13-49/h1-4,21-22,25,40,43H,5-20,23-24H2,(H2,42,47)(H3,41,44,45,46). The number of rotatable bonds is 14. The highest BCUT2D eigenvalue weighted by Crippen LogP contribution is 2.26. The smallest absolute Gasteiger partial charge is 0.292 e. The van der Waals surface area contributed by atoms with E-state index in [1.165, 1.54) is 11.9 Å². The molecule has 4 aromatic rings. The molecule has 56 heavy (non-hydrogen) atoms. The fourth-order valence-electron chi connectivity index (χ4n) is 7.42. The molecule has 17 heteroatoms. The largest absolute Gasteiger partial charge is 0.424 e. The second-order valence-electron chi connectivity index (χ2n) is 14.3. The zero-order chi connectivity index (χ0) is 39.0. The minimum Gasteiger partial charge on any atom is -0.424 e. The summed E-state index contributed by atoms with van der Waals surface area (Å²) in [4.78, 5) is 59.0. The van der Waals surface area contributed by atoms with Crippen molar-refractivity contribution in [1.29, 1.82) is 5.41 Å². The molecule has 3 aliphatic rings. The summed E-state index contributed by atoms with van der Waals surface area (Å²) in [6.45, 7) is 9.28. The topological polar surface area (TPSA) is 225 Å². The number of nitrogens with two attached hydrogens (primary N) is 2. The average molecular weight is 767 g/mol. The summed E-state index contributed by atoms with van der Waals surface area (Å²) in [7, 11) is 0. The van der Waals surface area contributed by atoms with Gasteiger partial charge in [0.05, 0.1) is 30.9 Å². The Morgan fingerprint density at radius 3 is 2.39 bits per heavy atom. The molecule has 3 amide bonds. The minimum atomic E-state index is -0.0107. The van der Waals surface area contributed by atoms with E-state index < -0.39 is 0 Å². The van der Waals surface area contributed by atoms with Crippen molar-refractivity contribution in [3.8, 4) is 0 Å². The number of benzene rings is 2. The van der Waals surface area contributed by atoms with Crippen molar-refractivity contribution in [1.82, 2.24) is 39.9 Å². The van der Waals surface area contributed by atoms with Crippen molar-refractivity contribution < 1.29 is 23.5 Å². The van der Waals surface area contributed by atoms with E-state index >= 15 is 0 Å². The number of amides is 3. The molecule has 0 unspecified atom stereocenters. The molecule has 0 atom stereocenters. The Morgan fingerprint density at radius 1 is 0.839 bits per heavy atom. The first-order valence-corrected chi connectivity index (χ1v) is 19.3. The molecule has 296 valence electrons. The van der Waals surface area contributed by atoms with Gasteiger partial charge in [-0.1, -0.05) is 18.2 Å². The van der Waals surface area contributed by atoms with Gasteiger partial charge in [-0.05, 0) is 41.3 Å². The fourth-order valence-corrected chi connectivity index (χ4v) is 7.42. The van der Waals surface area contributed by atoms with Crippen LogP contribution in [0.1, 0.15) is 47.1 Å². The molecule has 0 aliphatic carbocycles. The molecule has 2 aromatic heterocycles. The number of carbonyl (C=O) groups is 3. The molecule has 0 radical (unpaired) electrons. The summed E-state index contributed by atoms with van der Waals surface area (Å²) in [6.07, 6.45) is 2.88. The van der Waals surface area contributed by atoms with E-state index in [1.807, 2.05) is 26.8 Å². The number of piperazine rings is 2. The van der Waals surface area contributed by atoms with Gasteiger partial charge in [0.15, 0.2) is 5.58 Å². The van der Waals surface area contributed by atoms with Crippen LogP contribution in [-0.2, 0) is 38.6 Å². The Morgan fingerprint density at radius 2 is 1.59 bits per heavy atom. The first kappa shape index (κ1) is 38.6. The zero-order valence-corrected chi connectivity index (χ0v) is 31.6. The molecule has 2 aromatic carbocycles. The number of hydrogen-bond donors (Lipinski definition) is 5. The number of ether oxygens (including phenoxy) is 1. The lowest BCUT2D eigenvalue weighted by molar-refractivity contribution is -0.138. The average Bonchev–Trinajstić information content (AvgIpc) is 3.61. The van der Waals surface area contributed by atoms with Crippen LogP contribution in [0.2, 0.25) is 0 Å². The summed E-state index contributed by atoms with van der Waals surface area (Å²) in [5, 5.41) is 15.5. The van der Waals surface area contributed by atoms with Crippen LogP contribution in [-0.4, -0.2) is 137 Å². The molecule has 0 saturated carbocycles. The second kappa shape index (κ2) is 17.9. The van der Waals surface area contributed by atoms with Crippen LogP contribution in [0, 0.1) is 5.41 Å². The van der Waals surface area contributed by atoms with Crippen LogP contribution in [0.25, 0.3) is 11.1 Å². The van der Waals surface area contributed by atoms with Gasteiger partial charge in [-0.25, -0.2) is 9.97 Å². The molecule has 0 spiro atoms. The van der Waals surface area contributed by atoms with Crippen LogP contribution in [0.5, 0.6) is 0 Å². The zero-order valence-electron chi connectivity index (χ0n) is 31.6. The van der Waals surface area contributed by atoms with Gasteiger partial charge in [0.1, 0.15) is 23.5 Å². The maximum Gasteiger partial charge on any atom is 0.292 e. The fraction of sp³-hybridized carbons (Fsp3) is 0.462. The summed E-state index contributed by atoms with van der Waals surface area (Å²) >= 11 is 0. The van der Waals surface area contributed by atoms with Crippen LogP contribution in [0.3, 0.4) is 0 Å². The molecular weight excluding hydrogens is 717 g/mol. The molecule has 2 saturated heterocycles. The quantitative estimate of drug-likeness (QED) is 0.0907. The third-order valence-corrected chi connectivity index (χ3v) is 10.7. The van der Waals surface area contributed by atoms with Gasteiger partial charge in [-0.2, -0.15) is 4.98 Å². The molecule has 5 heterocycles. The van der Waals surface area contributed by atoms with Gasteiger partial charge >= 0.3 is 0 Å². The number of nitrogens with one attached hydrogen (secondary N) is 3. The molecule has 17 nitrogen and oxygen atoms in total. The maximum absolute atomic E-state index is 13.2. The molecule has 7 N–H and O–H groups in total. The number of oxazole rings is 1. The monoisotopic (exact) mass is 766 g/mol. The predicted octanol–water partition coefficient (Wildman–Crippen LogP) is 1.46. The van der Waals surface area contributed by atoms with E-state index in [0.29, 0.717) is 86.8 Å². The van der Waals surface area contributed by atoms with Gasteiger partial charge in [0.2, 0.25) is 17.7 Å². The Bertz CT molecular complexity index is 2060. The van der Waals surface area contributed by atoms with Crippen LogP contribution >= 0.6 is 0 Å². The van der Waals surface area contributed by atoms with E-state index in [4.69, 9.17) is 26.0 Å². The Hall–Kier alpha value is -5.65. The van der Waals surface area contributed by atoms with E-state index in [1.54, 1.807) is 18.2 Å². The van der Waals surface area contributed by atoms with Crippen molar-refractivity contribution in [3.05, 3.63) is 70.5 Å². The predicted molar refractivity (Wildman–Crippen MR) is 211 cm³/mol. The Labute approximate surface area is 325 Å². The van der Waals surface area contributed by atoms with E-state index in [2.05, 4.69) is 36.6 Å². The molecular formula is C39H50N12O5. The first-order valence-electron chi connectivity index (χ1n) is 19.3. The van der Waals surface area contributed by atoms with Crippen molar-refractivity contribution in [2.45, 2.75) is 38.8 Å². The van der Waals surface area contributed by atoms with Crippen molar-refractivity contribution in [3.63, 3.8) is 0 Å². The SMILES string of the molecule is N=C(c1ccc2oc(N)nc2c1)c1c(N)ncnc1NCc1ccc2c(c1)CCN(C(=O)CCC(=O)N1CCN(CCOCCC(=O)N3CCNCC3)CC1)C2. The highest BCUT2D eigenvalue weighted by molar-refractivity contribution is 6.17. The first-order chi connectivity index (χ1) is 27.2. The summed E-state index contributed by atoms with van der Waals surface area (Å²) in [5.41, 5.74) is 17.4. The van der Waals surface area contributed by atoms with Gasteiger partial charge < -0.3 is 46.0 Å². The lowest BCUT2D eigenvalue weighted by Crippen LogP contribution is -2.49. The van der Waals surface area contributed by atoms with Crippen LogP contribution in [0.15, 0.2) is 47.1 Å². The molecule has 3 aliphatic heterocycles. The normalized spacial score (nSPS) is 16.2. The molecule has 2 fully saturated rings. The molecule has 7 rings (SSSR count). The minimum absolute atomic E-state index is 0.0107. The number of aromatic nitrogens is 3. The lowest BCUT2D eigenvalue weighted by Gasteiger charge is -2.35. The van der Waals surface area contributed by atoms with E-state index in [-0.39, 0.29) is 48.1 Å². The van der Waals surface area contributed by atoms with Gasteiger partial charge in [-0.3, -0.25) is 24.7 Å². The third kappa shape index (κ3) is 9.41. The third-order valence-electron chi connectivity index (χ3n) is 10.7. The number of fused-ring (bicyclic) bond motifs is 2. The number of nitrogens with zero attached hydrogens (tertiary/aromatic N) is 7. The Balaban J connectivity index is 0.826. The number of hydrogen-bond acceptors (Lipinski definition) is 14. The van der Waals surface area contributed by atoms with Crippen molar-refractivity contribution in [2.24, 2.45) is 0 Å². The number of nitrogen functional groups attached to an aromatic ring is 2. The van der Waals surface area contributed by atoms with E-state index in [9.17, 15) is 14.4 Å². The van der Waals surface area contributed by atoms with Gasteiger partial charge in [0.25, 0.3) is 6.01 Å². The maximum atomic E-state index is 13.2. The highest BCUT2D eigenvalue weighted by atomic mass is 16.5. The lowest BCUT2D eigenvalue weighted by atomic mass is 9.96. The highest BCUT2D eigenvalue weighted by Gasteiger charge is 2.25. The number of anilines is 3. The van der Waals surface area contributed by atoms with Crippen LogP contribution < -0.4 is 22.1 Å². The summed E-state index contributed by atoms with van der Waals surface area (Å²) < 4.78 is 11.1. The van der Waals surface area contributed by atoms with Crippen molar-refractivity contribution >= 4 is 52.2 Å². The summed E-state index contributed by atoms with van der Waals surface area (Å²) in [5.74, 6) is 0.764. The van der Waals surface area contributed by atoms with Crippen LogP contribution in [0.4, 0.5) is 17.7 Å². The van der Waals surface area contributed by atoms with Crippen molar-refractivity contribution in [2.75, 3.05) is 95.4 Å². The number of carbonyl (C=O) groups excluding carboxylic acids is 3. The van der Waals surface area contributed by atoms with Gasteiger partial charge in [0, 0.05) is 96.9 Å². The van der Waals surface area contributed by atoms with E-state index in [0.717, 1.165) is 56.9 Å². The second-order valence-corrected chi connectivity index (χ2v) is 14.3. The van der Waals surface area contributed by atoms with Gasteiger partial charge in [-0.15, -0.1) is 0 Å². The molecule has 0 bridgehead atoms. The Kier molecular flexibility index (Phi) is 12.3.